The first-order chi connectivity index (χ1) is 13.3. The van der Waals surface area contributed by atoms with E-state index in [4.69, 9.17) is 4.42 Å². The van der Waals surface area contributed by atoms with Gasteiger partial charge in [0.25, 0.3) is 0 Å². The van der Waals surface area contributed by atoms with Gasteiger partial charge in [-0.15, -0.1) is 0 Å². The second-order valence-corrected chi connectivity index (χ2v) is 6.57. The maximum atomic E-state index is 5.35. The standard InChI is InChI=1S/C20H30N6O/c1-3-21-20(24-16-18-6-5-13-27-18)23-15-17-7-8-19(22-14-17)26-11-9-25(4-2)10-12-26/h5-8,13-14H,3-4,9-12,15-16H2,1-2H3,(H2,21,23,24). The fourth-order valence-corrected chi connectivity index (χ4v) is 3.09. The van der Waals surface area contributed by atoms with Gasteiger partial charge in [-0.3, -0.25) is 0 Å². The van der Waals surface area contributed by atoms with Crippen LogP contribution in [0, 0.1) is 0 Å². The monoisotopic (exact) mass is 370 g/mol. The predicted molar refractivity (Wildman–Crippen MR) is 109 cm³/mol. The zero-order chi connectivity index (χ0) is 18.9. The van der Waals surface area contributed by atoms with Crippen LogP contribution in [0.25, 0.3) is 0 Å². The summed E-state index contributed by atoms with van der Waals surface area (Å²) in [7, 11) is 0. The normalized spacial score (nSPS) is 15.8. The Labute approximate surface area is 161 Å². The molecule has 2 aromatic heterocycles. The summed E-state index contributed by atoms with van der Waals surface area (Å²) in [5.74, 6) is 2.71. The van der Waals surface area contributed by atoms with E-state index in [0.717, 1.165) is 62.4 Å². The van der Waals surface area contributed by atoms with Gasteiger partial charge in [-0.1, -0.05) is 13.0 Å². The van der Waals surface area contributed by atoms with Crippen LogP contribution < -0.4 is 15.5 Å². The lowest BCUT2D eigenvalue weighted by Crippen LogP contribution is -2.46. The number of aliphatic imine (C=N–C) groups is 1. The Morgan fingerprint density at radius 1 is 1.15 bits per heavy atom. The molecular formula is C20H30N6O. The minimum absolute atomic E-state index is 0.588. The molecule has 0 aliphatic carbocycles. The summed E-state index contributed by atoms with van der Waals surface area (Å²) in [6.07, 6.45) is 3.61. The first-order valence-corrected chi connectivity index (χ1v) is 9.75. The van der Waals surface area contributed by atoms with Crippen LogP contribution in [-0.2, 0) is 13.1 Å². The minimum Gasteiger partial charge on any atom is -0.467 e. The largest absolute Gasteiger partial charge is 0.467 e. The Balaban J connectivity index is 1.53. The number of nitrogens with zero attached hydrogens (tertiary/aromatic N) is 4. The third-order valence-electron chi connectivity index (χ3n) is 4.73. The highest BCUT2D eigenvalue weighted by Gasteiger charge is 2.16. The molecule has 2 aromatic rings. The fourth-order valence-electron chi connectivity index (χ4n) is 3.09. The van der Waals surface area contributed by atoms with Crippen molar-refractivity contribution in [1.29, 1.82) is 0 Å². The van der Waals surface area contributed by atoms with Gasteiger partial charge in [0.15, 0.2) is 5.96 Å². The number of hydrogen-bond acceptors (Lipinski definition) is 5. The number of nitrogens with one attached hydrogen (secondary N) is 2. The fraction of sp³-hybridized carbons (Fsp3) is 0.500. The zero-order valence-electron chi connectivity index (χ0n) is 16.3. The van der Waals surface area contributed by atoms with Crippen molar-refractivity contribution < 1.29 is 4.42 Å². The van der Waals surface area contributed by atoms with Crippen molar-refractivity contribution in [3.63, 3.8) is 0 Å². The van der Waals surface area contributed by atoms with E-state index in [1.807, 2.05) is 18.3 Å². The van der Waals surface area contributed by atoms with Crippen molar-refractivity contribution in [2.45, 2.75) is 26.9 Å². The number of guanidine groups is 1. The molecule has 0 radical (unpaired) electrons. The summed E-state index contributed by atoms with van der Waals surface area (Å²) in [6.45, 7) is 11.7. The van der Waals surface area contributed by atoms with Crippen LogP contribution in [0.4, 0.5) is 5.82 Å². The van der Waals surface area contributed by atoms with E-state index in [2.05, 4.69) is 56.4 Å². The number of furan rings is 1. The Bertz CT molecular complexity index is 690. The predicted octanol–water partition coefficient (Wildman–Crippen LogP) is 2.07. The van der Waals surface area contributed by atoms with Crippen LogP contribution in [0.15, 0.2) is 46.1 Å². The SMILES string of the molecule is CCNC(=NCc1ccc(N2CCN(CC)CC2)nc1)NCc1ccco1. The highest BCUT2D eigenvalue weighted by molar-refractivity contribution is 5.79. The summed E-state index contributed by atoms with van der Waals surface area (Å²) in [5, 5.41) is 6.53. The smallest absolute Gasteiger partial charge is 0.191 e. The Morgan fingerprint density at radius 2 is 2.00 bits per heavy atom. The van der Waals surface area contributed by atoms with Gasteiger partial charge < -0.3 is 24.9 Å². The average Bonchev–Trinajstić information content (AvgIpc) is 3.24. The summed E-state index contributed by atoms with van der Waals surface area (Å²) in [5.41, 5.74) is 1.10. The van der Waals surface area contributed by atoms with Crippen LogP contribution in [0.3, 0.4) is 0 Å². The lowest BCUT2D eigenvalue weighted by molar-refractivity contribution is 0.270. The van der Waals surface area contributed by atoms with Crippen LogP contribution in [0.2, 0.25) is 0 Å². The maximum absolute atomic E-state index is 5.35. The van der Waals surface area contributed by atoms with Gasteiger partial charge in [0, 0.05) is 38.9 Å². The second-order valence-electron chi connectivity index (χ2n) is 6.57. The number of anilines is 1. The molecule has 1 fully saturated rings. The van der Waals surface area contributed by atoms with Gasteiger partial charge in [0.05, 0.1) is 19.4 Å². The van der Waals surface area contributed by atoms with Crippen molar-refractivity contribution in [3.8, 4) is 0 Å². The van der Waals surface area contributed by atoms with E-state index >= 15 is 0 Å². The van der Waals surface area contributed by atoms with Gasteiger partial charge in [-0.2, -0.15) is 0 Å². The molecule has 0 atom stereocenters. The number of likely N-dealkylation sites (N-methyl/N-ethyl adjacent to an activating group) is 1. The number of piperazine rings is 1. The lowest BCUT2D eigenvalue weighted by atomic mass is 10.2. The molecule has 146 valence electrons. The van der Waals surface area contributed by atoms with Gasteiger partial charge in [-0.05, 0) is 37.2 Å². The molecule has 7 heteroatoms. The molecule has 0 bridgehead atoms. The van der Waals surface area contributed by atoms with E-state index in [9.17, 15) is 0 Å². The molecule has 0 saturated carbocycles. The molecule has 27 heavy (non-hydrogen) atoms. The average molecular weight is 371 g/mol. The van der Waals surface area contributed by atoms with Crippen molar-refractivity contribution in [3.05, 3.63) is 48.0 Å². The molecule has 3 rings (SSSR count). The molecule has 7 nitrogen and oxygen atoms in total. The first-order valence-electron chi connectivity index (χ1n) is 9.75. The molecule has 0 unspecified atom stereocenters. The Hall–Kier alpha value is -2.54. The molecule has 0 amide bonds. The third kappa shape index (κ3) is 5.72. The number of pyridine rings is 1. The topological polar surface area (TPSA) is 68.9 Å². The van der Waals surface area contributed by atoms with Gasteiger partial charge in [0.1, 0.15) is 11.6 Å². The van der Waals surface area contributed by atoms with Crippen molar-refractivity contribution in [1.82, 2.24) is 20.5 Å². The van der Waals surface area contributed by atoms with Crippen LogP contribution in [-0.4, -0.2) is 55.1 Å². The highest BCUT2D eigenvalue weighted by Crippen LogP contribution is 2.14. The van der Waals surface area contributed by atoms with Crippen LogP contribution in [0.1, 0.15) is 25.2 Å². The molecular weight excluding hydrogens is 340 g/mol. The van der Waals surface area contributed by atoms with Crippen molar-refractivity contribution >= 4 is 11.8 Å². The van der Waals surface area contributed by atoms with Crippen molar-refractivity contribution in [2.24, 2.45) is 4.99 Å². The summed E-state index contributed by atoms with van der Waals surface area (Å²) >= 11 is 0. The van der Waals surface area contributed by atoms with E-state index in [1.54, 1.807) is 6.26 Å². The van der Waals surface area contributed by atoms with E-state index in [0.29, 0.717) is 13.1 Å². The molecule has 0 aromatic carbocycles. The van der Waals surface area contributed by atoms with E-state index in [1.165, 1.54) is 0 Å². The van der Waals surface area contributed by atoms with Crippen molar-refractivity contribution in [2.75, 3.05) is 44.2 Å². The zero-order valence-corrected chi connectivity index (χ0v) is 16.3. The molecule has 2 N–H and O–H groups in total. The third-order valence-corrected chi connectivity index (χ3v) is 4.73. The molecule has 0 spiro atoms. The molecule has 3 heterocycles. The highest BCUT2D eigenvalue weighted by atomic mass is 16.3. The summed E-state index contributed by atoms with van der Waals surface area (Å²) < 4.78 is 5.35. The summed E-state index contributed by atoms with van der Waals surface area (Å²) in [6, 6.07) is 8.06. The van der Waals surface area contributed by atoms with E-state index in [-0.39, 0.29) is 0 Å². The molecule has 1 saturated heterocycles. The Morgan fingerprint density at radius 3 is 2.63 bits per heavy atom. The van der Waals surface area contributed by atoms with Crippen LogP contribution >= 0.6 is 0 Å². The minimum atomic E-state index is 0.588. The van der Waals surface area contributed by atoms with E-state index < -0.39 is 0 Å². The number of hydrogen-bond donors (Lipinski definition) is 2. The molecule has 1 aliphatic heterocycles. The quantitative estimate of drug-likeness (QED) is 0.574. The maximum Gasteiger partial charge on any atom is 0.191 e. The molecule has 1 aliphatic rings. The number of aromatic nitrogens is 1. The van der Waals surface area contributed by atoms with Gasteiger partial charge in [-0.25, -0.2) is 9.98 Å². The van der Waals surface area contributed by atoms with Gasteiger partial charge in [0.2, 0.25) is 0 Å². The van der Waals surface area contributed by atoms with Gasteiger partial charge >= 0.3 is 0 Å². The summed E-state index contributed by atoms with van der Waals surface area (Å²) in [4.78, 5) is 14.1. The Kier molecular flexibility index (Phi) is 7.10. The van der Waals surface area contributed by atoms with Crippen LogP contribution in [0.5, 0.6) is 0 Å². The lowest BCUT2D eigenvalue weighted by Gasteiger charge is -2.34. The first kappa shape index (κ1) is 19.2. The number of rotatable bonds is 7. The second kappa shape index (κ2) is 9.97.